The quantitative estimate of drug-likeness (QED) is 0.708. The molecule has 0 saturated heterocycles. The first-order chi connectivity index (χ1) is 12.3. The Morgan fingerprint density at radius 1 is 1.12 bits per heavy atom. The van der Waals surface area contributed by atoms with E-state index in [2.05, 4.69) is 39.8 Å². The molecule has 26 heavy (non-hydrogen) atoms. The molecule has 2 rings (SSSR count). The van der Waals surface area contributed by atoms with Crippen molar-refractivity contribution in [2.75, 3.05) is 17.2 Å². The number of benzene rings is 1. The van der Waals surface area contributed by atoms with Crippen LogP contribution in [0, 0.1) is 12.8 Å². The smallest absolute Gasteiger partial charge is 0.270 e. The number of hydrogen-bond acceptors (Lipinski definition) is 5. The van der Waals surface area contributed by atoms with Crippen LogP contribution in [-0.4, -0.2) is 28.3 Å². The van der Waals surface area contributed by atoms with Crippen molar-refractivity contribution in [2.24, 2.45) is 5.92 Å². The van der Waals surface area contributed by atoms with Crippen molar-refractivity contribution in [3.05, 3.63) is 41.7 Å². The Labute approximate surface area is 153 Å². The number of hydrogen-bond donors (Lipinski definition) is 3. The molecule has 0 atom stereocenters. The summed E-state index contributed by atoms with van der Waals surface area (Å²) in [5.41, 5.74) is 2.39. The number of aryl methyl sites for hydroxylation is 1. The van der Waals surface area contributed by atoms with Gasteiger partial charge < -0.3 is 16.0 Å². The minimum atomic E-state index is -0.216. The fourth-order valence-corrected chi connectivity index (χ4v) is 2.31. The summed E-state index contributed by atoms with van der Waals surface area (Å²) < 4.78 is 0. The van der Waals surface area contributed by atoms with Crippen LogP contribution in [0.2, 0.25) is 0 Å². The Balaban J connectivity index is 2.11. The lowest BCUT2D eigenvalue weighted by atomic mass is 10.1. The van der Waals surface area contributed by atoms with Gasteiger partial charge in [0.1, 0.15) is 5.69 Å². The molecule has 0 aliphatic heterocycles. The van der Waals surface area contributed by atoms with Crippen LogP contribution in [0.25, 0.3) is 0 Å². The minimum Gasteiger partial charge on any atom is -0.351 e. The molecule has 1 aromatic heterocycles. The van der Waals surface area contributed by atoms with E-state index in [4.69, 9.17) is 0 Å². The van der Waals surface area contributed by atoms with Crippen LogP contribution in [0.5, 0.6) is 0 Å². The first-order valence-electron chi connectivity index (χ1n) is 8.62. The molecule has 0 saturated carbocycles. The van der Waals surface area contributed by atoms with Crippen LogP contribution in [0.3, 0.4) is 0 Å². The summed E-state index contributed by atoms with van der Waals surface area (Å²) in [6, 6.07) is 8.86. The molecule has 138 valence electrons. The van der Waals surface area contributed by atoms with Gasteiger partial charge in [-0.2, -0.15) is 0 Å². The van der Waals surface area contributed by atoms with Gasteiger partial charge in [-0.05, 0) is 43.5 Å². The lowest BCUT2D eigenvalue weighted by Crippen LogP contribution is -2.26. The zero-order valence-corrected chi connectivity index (χ0v) is 15.6. The molecule has 1 heterocycles. The molecule has 7 heteroatoms. The average molecular weight is 355 g/mol. The van der Waals surface area contributed by atoms with Gasteiger partial charge in [-0.25, -0.2) is 9.97 Å². The SMILES string of the molecule is CC(=O)Nc1cccc(Nc2nc(C)cc(C(=O)NCCC(C)C)n2)c1. The van der Waals surface area contributed by atoms with Gasteiger partial charge in [-0.3, -0.25) is 9.59 Å². The lowest BCUT2D eigenvalue weighted by molar-refractivity contribution is -0.114. The van der Waals surface area contributed by atoms with Crippen LogP contribution in [0.1, 0.15) is 43.4 Å². The summed E-state index contributed by atoms with van der Waals surface area (Å²) in [7, 11) is 0. The number of nitrogens with zero attached hydrogens (tertiary/aromatic N) is 2. The Bertz CT molecular complexity index is 789. The number of carbonyl (C=O) groups excluding carboxylic acids is 2. The van der Waals surface area contributed by atoms with Crippen molar-refractivity contribution >= 4 is 29.1 Å². The summed E-state index contributed by atoms with van der Waals surface area (Å²) in [6.45, 7) is 8.09. The topological polar surface area (TPSA) is 96.0 Å². The van der Waals surface area contributed by atoms with E-state index in [0.29, 0.717) is 41.2 Å². The molecule has 0 aliphatic carbocycles. The predicted molar refractivity (Wildman–Crippen MR) is 103 cm³/mol. The third-order valence-corrected chi connectivity index (χ3v) is 3.53. The second-order valence-electron chi connectivity index (χ2n) is 6.54. The van der Waals surface area contributed by atoms with E-state index < -0.39 is 0 Å². The van der Waals surface area contributed by atoms with Gasteiger partial charge in [0.05, 0.1) is 0 Å². The Morgan fingerprint density at radius 3 is 2.54 bits per heavy atom. The van der Waals surface area contributed by atoms with E-state index in [1.165, 1.54) is 6.92 Å². The van der Waals surface area contributed by atoms with Crippen LogP contribution >= 0.6 is 0 Å². The Morgan fingerprint density at radius 2 is 1.85 bits per heavy atom. The van der Waals surface area contributed by atoms with Gasteiger partial charge in [-0.15, -0.1) is 0 Å². The second kappa shape index (κ2) is 8.94. The number of rotatable bonds is 7. The summed E-state index contributed by atoms with van der Waals surface area (Å²) in [6.07, 6.45) is 0.914. The average Bonchev–Trinajstić information content (AvgIpc) is 2.53. The number of carbonyl (C=O) groups is 2. The second-order valence-corrected chi connectivity index (χ2v) is 6.54. The number of amides is 2. The van der Waals surface area contributed by atoms with Gasteiger partial charge in [-0.1, -0.05) is 19.9 Å². The summed E-state index contributed by atoms with van der Waals surface area (Å²) in [5, 5.41) is 8.67. The maximum atomic E-state index is 12.3. The first kappa shape index (κ1) is 19.4. The zero-order valence-electron chi connectivity index (χ0n) is 15.6. The molecule has 0 fully saturated rings. The van der Waals surface area contributed by atoms with Crippen LogP contribution in [0.15, 0.2) is 30.3 Å². The first-order valence-corrected chi connectivity index (χ1v) is 8.62. The molecule has 2 amide bonds. The largest absolute Gasteiger partial charge is 0.351 e. The van der Waals surface area contributed by atoms with Gasteiger partial charge >= 0.3 is 0 Å². The van der Waals surface area contributed by atoms with Crippen LogP contribution in [0.4, 0.5) is 17.3 Å². The highest BCUT2D eigenvalue weighted by molar-refractivity contribution is 5.92. The van der Waals surface area contributed by atoms with Gasteiger partial charge in [0.2, 0.25) is 11.9 Å². The molecule has 0 radical (unpaired) electrons. The molecular formula is C19H25N5O2. The van der Waals surface area contributed by atoms with Crippen molar-refractivity contribution in [1.29, 1.82) is 0 Å². The molecule has 0 bridgehead atoms. The number of anilines is 3. The fourth-order valence-electron chi connectivity index (χ4n) is 2.31. The molecule has 3 N–H and O–H groups in total. The van der Waals surface area contributed by atoms with Crippen molar-refractivity contribution < 1.29 is 9.59 Å². The van der Waals surface area contributed by atoms with E-state index in [0.717, 1.165) is 6.42 Å². The fraction of sp³-hybridized carbons (Fsp3) is 0.368. The number of nitrogens with one attached hydrogen (secondary N) is 3. The third-order valence-electron chi connectivity index (χ3n) is 3.53. The zero-order chi connectivity index (χ0) is 19.1. The van der Waals surface area contributed by atoms with E-state index in [1.807, 2.05) is 19.1 Å². The normalized spacial score (nSPS) is 10.5. The highest BCUT2D eigenvalue weighted by Crippen LogP contribution is 2.18. The summed E-state index contributed by atoms with van der Waals surface area (Å²) in [5.74, 6) is 0.495. The minimum absolute atomic E-state index is 0.144. The van der Waals surface area contributed by atoms with Gasteiger partial charge in [0, 0.05) is 30.5 Å². The standard InChI is InChI=1S/C19H25N5O2/c1-12(2)8-9-20-18(26)17-10-13(3)21-19(24-17)23-16-7-5-6-15(11-16)22-14(4)25/h5-7,10-12H,8-9H2,1-4H3,(H,20,26)(H,22,25)(H,21,23,24). The van der Waals surface area contributed by atoms with E-state index in [9.17, 15) is 9.59 Å². The Kier molecular flexibility index (Phi) is 6.66. The van der Waals surface area contributed by atoms with Crippen molar-refractivity contribution in [2.45, 2.75) is 34.1 Å². The van der Waals surface area contributed by atoms with E-state index in [-0.39, 0.29) is 11.8 Å². The van der Waals surface area contributed by atoms with Crippen LogP contribution < -0.4 is 16.0 Å². The highest BCUT2D eigenvalue weighted by atomic mass is 16.2. The highest BCUT2D eigenvalue weighted by Gasteiger charge is 2.11. The Hall–Kier alpha value is -2.96. The van der Waals surface area contributed by atoms with E-state index >= 15 is 0 Å². The molecule has 0 aliphatic rings. The van der Waals surface area contributed by atoms with Crippen LogP contribution in [-0.2, 0) is 4.79 Å². The summed E-state index contributed by atoms with van der Waals surface area (Å²) >= 11 is 0. The maximum Gasteiger partial charge on any atom is 0.270 e. The van der Waals surface area contributed by atoms with Crippen molar-refractivity contribution in [3.63, 3.8) is 0 Å². The van der Waals surface area contributed by atoms with Gasteiger partial charge in [0.25, 0.3) is 5.91 Å². The van der Waals surface area contributed by atoms with Crippen molar-refractivity contribution in [1.82, 2.24) is 15.3 Å². The maximum absolute atomic E-state index is 12.3. The predicted octanol–water partition coefficient (Wildman–Crippen LogP) is 3.26. The molecule has 0 unspecified atom stereocenters. The molecular weight excluding hydrogens is 330 g/mol. The van der Waals surface area contributed by atoms with Crippen molar-refractivity contribution in [3.8, 4) is 0 Å². The molecule has 0 spiro atoms. The summed E-state index contributed by atoms with van der Waals surface area (Å²) in [4.78, 5) is 32.1. The lowest BCUT2D eigenvalue weighted by Gasteiger charge is -2.10. The van der Waals surface area contributed by atoms with E-state index in [1.54, 1.807) is 18.2 Å². The monoisotopic (exact) mass is 355 g/mol. The molecule has 1 aromatic carbocycles. The molecule has 7 nitrogen and oxygen atoms in total. The molecule has 2 aromatic rings. The van der Waals surface area contributed by atoms with Gasteiger partial charge in [0.15, 0.2) is 0 Å². The third kappa shape index (κ3) is 6.16. The number of aromatic nitrogens is 2.